The van der Waals surface area contributed by atoms with Crippen LogP contribution < -0.4 is 5.32 Å². The van der Waals surface area contributed by atoms with E-state index in [1.54, 1.807) is 0 Å². The maximum absolute atomic E-state index is 11.6. The summed E-state index contributed by atoms with van der Waals surface area (Å²) in [5, 5.41) is 20.3. The smallest absolute Gasteiger partial charge is 0.220 e. The Balaban J connectivity index is 1.89. The van der Waals surface area contributed by atoms with Gasteiger partial charge in [0, 0.05) is 12.8 Å². The molecule has 4 N–H and O–H groups in total. The number of amides is 1. The second kappa shape index (κ2) is 6.31. The number of aliphatic hydroxyl groups is 2. The SMILES string of the molecule is O=C(CCc1nc2ccccc2[nH]1)NC(CO)CO. The minimum atomic E-state index is -0.594. The van der Waals surface area contributed by atoms with Gasteiger partial charge in [0.25, 0.3) is 0 Å². The lowest BCUT2D eigenvalue weighted by Gasteiger charge is -2.12. The highest BCUT2D eigenvalue weighted by Gasteiger charge is 2.11. The van der Waals surface area contributed by atoms with Crippen molar-refractivity contribution in [1.29, 1.82) is 0 Å². The largest absolute Gasteiger partial charge is 0.394 e. The molecule has 2 aromatic rings. The van der Waals surface area contributed by atoms with Crippen molar-refractivity contribution in [3.05, 3.63) is 30.1 Å². The normalized spacial score (nSPS) is 11.1. The Kier molecular flexibility index (Phi) is 4.48. The Morgan fingerprint density at radius 2 is 2.05 bits per heavy atom. The van der Waals surface area contributed by atoms with Gasteiger partial charge in [0.2, 0.25) is 5.91 Å². The molecule has 0 unspecified atom stereocenters. The number of nitrogens with one attached hydrogen (secondary N) is 2. The van der Waals surface area contributed by atoms with Crippen molar-refractivity contribution < 1.29 is 15.0 Å². The summed E-state index contributed by atoms with van der Waals surface area (Å²) in [6.07, 6.45) is 0.750. The maximum atomic E-state index is 11.6. The van der Waals surface area contributed by atoms with Gasteiger partial charge in [-0.1, -0.05) is 12.1 Å². The molecule has 6 nitrogen and oxygen atoms in total. The molecule has 0 aliphatic rings. The molecule has 19 heavy (non-hydrogen) atoms. The highest BCUT2D eigenvalue weighted by Crippen LogP contribution is 2.11. The van der Waals surface area contributed by atoms with E-state index in [1.165, 1.54) is 0 Å². The molecule has 6 heteroatoms. The number of aromatic nitrogens is 2. The number of benzene rings is 1. The van der Waals surface area contributed by atoms with E-state index in [2.05, 4.69) is 15.3 Å². The van der Waals surface area contributed by atoms with Crippen LogP contribution in [0.5, 0.6) is 0 Å². The van der Waals surface area contributed by atoms with E-state index in [-0.39, 0.29) is 25.5 Å². The van der Waals surface area contributed by atoms with Gasteiger partial charge in [0.1, 0.15) is 5.82 Å². The number of aryl methyl sites for hydroxylation is 1. The Morgan fingerprint density at radius 1 is 1.32 bits per heavy atom. The number of aliphatic hydroxyl groups excluding tert-OH is 2. The van der Waals surface area contributed by atoms with E-state index < -0.39 is 6.04 Å². The number of para-hydroxylation sites is 2. The minimum Gasteiger partial charge on any atom is -0.394 e. The fourth-order valence-corrected chi connectivity index (χ4v) is 1.80. The second-order valence-corrected chi connectivity index (χ2v) is 4.33. The van der Waals surface area contributed by atoms with Crippen LogP contribution in [0.25, 0.3) is 11.0 Å². The molecule has 0 spiro atoms. The number of rotatable bonds is 6. The van der Waals surface area contributed by atoms with Crippen LogP contribution >= 0.6 is 0 Å². The summed E-state index contributed by atoms with van der Waals surface area (Å²) in [6.45, 7) is -0.542. The predicted molar refractivity (Wildman–Crippen MR) is 70.5 cm³/mol. The Morgan fingerprint density at radius 3 is 2.74 bits per heavy atom. The molecular weight excluding hydrogens is 246 g/mol. The predicted octanol–water partition coefficient (Wildman–Crippen LogP) is -0.0351. The van der Waals surface area contributed by atoms with E-state index in [0.717, 1.165) is 16.9 Å². The first-order valence-corrected chi connectivity index (χ1v) is 6.17. The standard InChI is InChI=1S/C13H17N3O3/c17-7-9(8-18)14-13(19)6-5-12-15-10-3-1-2-4-11(10)16-12/h1-4,9,17-18H,5-8H2,(H,14,19)(H,15,16). The summed E-state index contributed by atoms with van der Waals surface area (Å²) in [6, 6.07) is 7.07. The van der Waals surface area contributed by atoms with Crippen molar-refractivity contribution in [2.24, 2.45) is 0 Å². The first kappa shape index (κ1) is 13.5. The van der Waals surface area contributed by atoms with Crippen molar-refractivity contribution in [3.63, 3.8) is 0 Å². The van der Waals surface area contributed by atoms with Gasteiger partial charge in [-0.05, 0) is 12.1 Å². The first-order chi connectivity index (χ1) is 9.22. The van der Waals surface area contributed by atoms with E-state index in [9.17, 15) is 4.79 Å². The third kappa shape index (κ3) is 3.52. The number of carbonyl (C=O) groups excluding carboxylic acids is 1. The van der Waals surface area contributed by atoms with Crippen LogP contribution in [0.15, 0.2) is 24.3 Å². The average Bonchev–Trinajstić information content (AvgIpc) is 2.85. The van der Waals surface area contributed by atoms with Crippen LogP contribution in [0.1, 0.15) is 12.2 Å². The number of nitrogens with zero attached hydrogens (tertiary/aromatic N) is 1. The van der Waals surface area contributed by atoms with E-state index in [4.69, 9.17) is 10.2 Å². The molecule has 1 amide bonds. The number of hydrogen-bond acceptors (Lipinski definition) is 4. The van der Waals surface area contributed by atoms with Gasteiger partial charge in [-0.25, -0.2) is 4.98 Å². The quantitative estimate of drug-likeness (QED) is 0.588. The van der Waals surface area contributed by atoms with Crippen LogP contribution in [0.2, 0.25) is 0 Å². The van der Waals surface area contributed by atoms with Crippen molar-refractivity contribution in [3.8, 4) is 0 Å². The Bertz CT molecular complexity index is 516. The molecule has 0 radical (unpaired) electrons. The molecule has 1 heterocycles. The molecule has 0 aliphatic heterocycles. The van der Waals surface area contributed by atoms with Crippen molar-refractivity contribution in [2.45, 2.75) is 18.9 Å². The zero-order valence-corrected chi connectivity index (χ0v) is 10.5. The van der Waals surface area contributed by atoms with E-state index in [1.807, 2.05) is 24.3 Å². The van der Waals surface area contributed by atoms with E-state index >= 15 is 0 Å². The molecule has 1 aromatic heterocycles. The summed E-state index contributed by atoms with van der Waals surface area (Å²) in [4.78, 5) is 19.1. The lowest BCUT2D eigenvalue weighted by atomic mass is 10.2. The lowest BCUT2D eigenvalue weighted by molar-refractivity contribution is -0.122. The van der Waals surface area contributed by atoms with Crippen LogP contribution in [-0.2, 0) is 11.2 Å². The molecule has 0 atom stereocenters. The molecule has 0 fully saturated rings. The topological polar surface area (TPSA) is 98.2 Å². The highest BCUT2D eigenvalue weighted by molar-refractivity contribution is 5.77. The summed E-state index contributed by atoms with van der Waals surface area (Å²) in [7, 11) is 0. The number of imidazole rings is 1. The summed E-state index contributed by atoms with van der Waals surface area (Å²) < 4.78 is 0. The molecular formula is C13H17N3O3. The summed E-state index contributed by atoms with van der Waals surface area (Å²) in [5.74, 6) is 0.537. The fraction of sp³-hybridized carbons (Fsp3) is 0.385. The van der Waals surface area contributed by atoms with Gasteiger partial charge < -0.3 is 20.5 Å². The zero-order valence-electron chi connectivity index (χ0n) is 10.5. The molecule has 1 aromatic carbocycles. The van der Waals surface area contributed by atoms with Crippen molar-refractivity contribution in [1.82, 2.24) is 15.3 Å². The number of fused-ring (bicyclic) bond motifs is 1. The van der Waals surface area contributed by atoms with Gasteiger partial charge in [0.15, 0.2) is 0 Å². The maximum Gasteiger partial charge on any atom is 0.220 e. The van der Waals surface area contributed by atoms with Gasteiger partial charge >= 0.3 is 0 Å². The number of hydrogen-bond donors (Lipinski definition) is 4. The van der Waals surface area contributed by atoms with Gasteiger partial charge in [-0.3, -0.25) is 4.79 Å². The summed E-state index contributed by atoms with van der Waals surface area (Å²) in [5.41, 5.74) is 1.82. The molecule has 102 valence electrons. The number of carbonyl (C=O) groups is 1. The molecule has 0 saturated heterocycles. The third-order valence-corrected chi connectivity index (χ3v) is 2.83. The number of H-pyrrole nitrogens is 1. The lowest BCUT2D eigenvalue weighted by Crippen LogP contribution is -2.40. The monoisotopic (exact) mass is 263 g/mol. The van der Waals surface area contributed by atoms with Crippen molar-refractivity contribution in [2.75, 3.05) is 13.2 Å². The summed E-state index contributed by atoms with van der Waals surface area (Å²) >= 11 is 0. The van der Waals surface area contributed by atoms with Crippen molar-refractivity contribution >= 4 is 16.9 Å². The second-order valence-electron chi connectivity index (χ2n) is 4.33. The average molecular weight is 263 g/mol. The van der Waals surface area contributed by atoms with E-state index in [0.29, 0.717) is 6.42 Å². The van der Waals surface area contributed by atoms with Crippen LogP contribution in [0.4, 0.5) is 0 Å². The highest BCUT2D eigenvalue weighted by atomic mass is 16.3. The molecule has 0 aliphatic carbocycles. The Labute approximate surface area is 110 Å². The van der Waals surface area contributed by atoms with Crippen LogP contribution in [0.3, 0.4) is 0 Å². The van der Waals surface area contributed by atoms with Crippen LogP contribution in [0, 0.1) is 0 Å². The molecule has 2 rings (SSSR count). The van der Waals surface area contributed by atoms with Crippen LogP contribution in [-0.4, -0.2) is 45.3 Å². The molecule has 0 saturated carbocycles. The first-order valence-electron chi connectivity index (χ1n) is 6.17. The Hall–Kier alpha value is -1.92. The van der Waals surface area contributed by atoms with Gasteiger partial charge in [-0.2, -0.15) is 0 Å². The third-order valence-electron chi connectivity index (χ3n) is 2.83. The fourth-order valence-electron chi connectivity index (χ4n) is 1.80. The number of aromatic amines is 1. The zero-order chi connectivity index (χ0) is 13.7. The van der Waals surface area contributed by atoms with Gasteiger partial charge in [-0.15, -0.1) is 0 Å². The van der Waals surface area contributed by atoms with Gasteiger partial charge in [0.05, 0.1) is 30.3 Å². The minimum absolute atomic E-state index is 0.214. The molecule has 0 bridgehead atoms.